The third kappa shape index (κ3) is 1.97. The maximum Gasteiger partial charge on any atom is 0.259 e. The minimum absolute atomic E-state index is 0.141. The van der Waals surface area contributed by atoms with Crippen LogP contribution in [0.1, 0.15) is 16.9 Å². The van der Waals surface area contributed by atoms with Crippen LogP contribution < -0.4 is 11.1 Å². The minimum Gasteiger partial charge on any atom is -0.469 e. The molecule has 0 bridgehead atoms. The predicted molar refractivity (Wildman–Crippen MR) is 75.0 cm³/mol. The largest absolute Gasteiger partial charge is 0.469 e. The average Bonchev–Trinajstić information content (AvgIpc) is 3.00. The lowest BCUT2D eigenvalue weighted by molar-refractivity contribution is -0.124. The standard InChI is InChI=1S/C15H15N3O2/c1-10-4-6-11(7-5-10)15(9-12-3-2-8-20-12)13(19)17-14(16)18-15/h2-8H,9H2,1H3,(H3,16,17,18,19). The summed E-state index contributed by atoms with van der Waals surface area (Å²) in [5.41, 5.74) is 6.56. The number of nitrogens with two attached hydrogens (primary N) is 1. The van der Waals surface area contributed by atoms with Gasteiger partial charge in [0.1, 0.15) is 5.76 Å². The Hall–Kier alpha value is -2.56. The molecule has 20 heavy (non-hydrogen) atoms. The third-order valence-corrected chi connectivity index (χ3v) is 3.47. The second-order valence-corrected chi connectivity index (χ2v) is 4.93. The Bertz CT molecular complexity index is 659. The van der Waals surface area contributed by atoms with E-state index < -0.39 is 5.54 Å². The summed E-state index contributed by atoms with van der Waals surface area (Å²) in [6.45, 7) is 2.00. The number of hydrogen-bond donors (Lipinski definition) is 2. The van der Waals surface area contributed by atoms with E-state index in [-0.39, 0.29) is 11.9 Å². The van der Waals surface area contributed by atoms with Gasteiger partial charge in [0.2, 0.25) is 0 Å². The van der Waals surface area contributed by atoms with Gasteiger partial charge in [-0.2, -0.15) is 0 Å². The molecule has 5 heteroatoms. The quantitative estimate of drug-likeness (QED) is 0.885. The lowest BCUT2D eigenvalue weighted by Crippen LogP contribution is -2.40. The van der Waals surface area contributed by atoms with Gasteiger partial charge in [0.15, 0.2) is 11.5 Å². The van der Waals surface area contributed by atoms with E-state index in [1.165, 1.54) is 0 Å². The van der Waals surface area contributed by atoms with Gasteiger partial charge in [-0.3, -0.25) is 10.1 Å². The van der Waals surface area contributed by atoms with E-state index in [0.29, 0.717) is 12.2 Å². The first-order chi connectivity index (χ1) is 9.60. The summed E-state index contributed by atoms with van der Waals surface area (Å²) in [5, 5.41) is 2.58. The Morgan fingerprint density at radius 2 is 2.05 bits per heavy atom. The average molecular weight is 269 g/mol. The summed E-state index contributed by atoms with van der Waals surface area (Å²) in [6.07, 6.45) is 1.92. The van der Waals surface area contributed by atoms with Gasteiger partial charge in [0, 0.05) is 6.42 Å². The van der Waals surface area contributed by atoms with Crippen molar-refractivity contribution in [2.45, 2.75) is 18.9 Å². The lowest BCUT2D eigenvalue weighted by atomic mass is 9.85. The van der Waals surface area contributed by atoms with Crippen LogP contribution >= 0.6 is 0 Å². The molecule has 5 nitrogen and oxygen atoms in total. The van der Waals surface area contributed by atoms with Crippen LogP contribution in [0, 0.1) is 6.92 Å². The van der Waals surface area contributed by atoms with E-state index in [0.717, 1.165) is 11.1 Å². The van der Waals surface area contributed by atoms with E-state index in [9.17, 15) is 4.79 Å². The summed E-state index contributed by atoms with van der Waals surface area (Å²) in [4.78, 5) is 16.7. The molecule has 0 fully saturated rings. The van der Waals surface area contributed by atoms with Crippen LogP contribution in [-0.4, -0.2) is 11.9 Å². The second kappa shape index (κ2) is 4.52. The fourth-order valence-electron chi connectivity index (χ4n) is 2.42. The third-order valence-electron chi connectivity index (χ3n) is 3.47. The Morgan fingerprint density at radius 1 is 1.30 bits per heavy atom. The summed E-state index contributed by atoms with van der Waals surface area (Å²) in [5.74, 6) is 0.608. The summed E-state index contributed by atoms with van der Waals surface area (Å²) in [6, 6.07) is 11.3. The molecule has 0 aliphatic carbocycles. The van der Waals surface area contributed by atoms with Crippen LogP contribution in [0.2, 0.25) is 0 Å². The highest BCUT2D eigenvalue weighted by molar-refractivity contribution is 6.07. The van der Waals surface area contributed by atoms with Gasteiger partial charge in [0.05, 0.1) is 6.26 Å². The fraction of sp³-hybridized carbons (Fsp3) is 0.200. The highest BCUT2D eigenvalue weighted by Crippen LogP contribution is 2.33. The number of carbonyl (C=O) groups is 1. The zero-order valence-electron chi connectivity index (χ0n) is 11.1. The Morgan fingerprint density at radius 3 is 2.60 bits per heavy atom. The van der Waals surface area contributed by atoms with Crippen molar-refractivity contribution in [2.75, 3.05) is 0 Å². The van der Waals surface area contributed by atoms with Gasteiger partial charge in [-0.1, -0.05) is 29.8 Å². The number of hydrogen-bond acceptors (Lipinski definition) is 4. The van der Waals surface area contributed by atoms with Gasteiger partial charge in [0.25, 0.3) is 5.91 Å². The van der Waals surface area contributed by atoms with Crippen molar-refractivity contribution in [3.8, 4) is 0 Å². The van der Waals surface area contributed by atoms with Gasteiger partial charge in [-0.05, 0) is 24.6 Å². The smallest absolute Gasteiger partial charge is 0.259 e. The first-order valence-corrected chi connectivity index (χ1v) is 6.36. The van der Waals surface area contributed by atoms with E-state index in [2.05, 4.69) is 10.3 Å². The number of aryl methyl sites for hydroxylation is 1. The molecule has 1 aromatic heterocycles. The number of amides is 1. The van der Waals surface area contributed by atoms with Crippen LogP contribution in [-0.2, 0) is 16.8 Å². The lowest BCUT2D eigenvalue weighted by Gasteiger charge is -2.22. The van der Waals surface area contributed by atoms with E-state index in [4.69, 9.17) is 10.2 Å². The molecule has 3 rings (SSSR count). The number of furan rings is 1. The van der Waals surface area contributed by atoms with Crippen molar-refractivity contribution in [3.63, 3.8) is 0 Å². The van der Waals surface area contributed by atoms with Crippen molar-refractivity contribution in [1.82, 2.24) is 5.32 Å². The maximum absolute atomic E-state index is 12.4. The molecule has 1 aromatic carbocycles. The first kappa shape index (κ1) is 12.5. The zero-order chi connectivity index (χ0) is 14.2. The van der Waals surface area contributed by atoms with Gasteiger partial charge in [-0.25, -0.2) is 4.99 Å². The number of carbonyl (C=O) groups excluding carboxylic acids is 1. The first-order valence-electron chi connectivity index (χ1n) is 6.36. The number of nitrogens with one attached hydrogen (secondary N) is 1. The molecular formula is C15H15N3O2. The van der Waals surface area contributed by atoms with Crippen LogP contribution in [0.15, 0.2) is 52.1 Å². The molecule has 2 aromatic rings. The van der Waals surface area contributed by atoms with E-state index in [1.807, 2.05) is 37.3 Å². The number of nitrogens with zero attached hydrogens (tertiary/aromatic N) is 1. The van der Waals surface area contributed by atoms with Crippen LogP contribution in [0.25, 0.3) is 0 Å². The number of rotatable bonds is 3. The zero-order valence-corrected chi connectivity index (χ0v) is 11.1. The fourth-order valence-corrected chi connectivity index (χ4v) is 2.42. The molecule has 0 radical (unpaired) electrons. The highest BCUT2D eigenvalue weighted by Gasteiger charge is 2.45. The number of benzene rings is 1. The monoisotopic (exact) mass is 269 g/mol. The molecule has 1 amide bonds. The van der Waals surface area contributed by atoms with E-state index >= 15 is 0 Å². The van der Waals surface area contributed by atoms with Gasteiger partial charge < -0.3 is 10.2 Å². The van der Waals surface area contributed by atoms with Crippen molar-refractivity contribution >= 4 is 11.9 Å². The molecule has 2 heterocycles. The van der Waals surface area contributed by atoms with Crippen molar-refractivity contribution in [2.24, 2.45) is 10.7 Å². The normalized spacial score (nSPS) is 21.6. The summed E-state index contributed by atoms with van der Waals surface area (Å²) >= 11 is 0. The van der Waals surface area contributed by atoms with Gasteiger partial charge in [-0.15, -0.1) is 0 Å². The number of aliphatic imine (C=N–C) groups is 1. The molecule has 102 valence electrons. The molecule has 1 aliphatic rings. The van der Waals surface area contributed by atoms with Crippen molar-refractivity contribution in [1.29, 1.82) is 0 Å². The molecule has 1 aliphatic heterocycles. The highest BCUT2D eigenvalue weighted by atomic mass is 16.3. The maximum atomic E-state index is 12.4. The molecular weight excluding hydrogens is 254 g/mol. The number of guanidine groups is 1. The second-order valence-electron chi connectivity index (χ2n) is 4.93. The van der Waals surface area contributed by atoms with E-state index in [1.54, 1.807) is 12.3 Å². The topological polar surface area (TPSA) is 80.6 Å². The molecule has 0 spiro atoms. The Labute approximate surface area is 116 Å². The van der Waals surface area contributed by atoms with Crippen LogP contribution in [0.4, 0.5) is 0 Å². The Balaban J connectivity index is 2.08. The minimum atomic E-state index is -1.05. The van der Waals surface area contributed by atoms with Crippen LogP contribution in [0.3, 0.4) is 0 Å². The Kier molecular flexibility index (Phi) is 2.82. The molecule has 0 saturated carbocycles. The summed E-state index contributed by atoms with van der Waals surface area (Å²) < 4.78 is 5.36. The predicted octanol–water partition coefficient (Wildman–Crippen LogP) is 1.47. The molecule has 1 unspecified atom stereocenters. The SMILES string of the molecule is Cc1ccc(C2(Cc3ccco3)N=C(N)NC2=O)cc1. The molecule has 0 saturated heterocycles. The molecule has 1 atom stereocenters. The van der Waals surface area contributed by atoms with Crippen LogP contribution in [0.5, 0.6) is 0 Å². The van der Waals surface area contributed by atoms with Gasteiger partial charge >= 0.3 is 0 Å². The van der Waals surface area contributed by atoms with Crippen molar-refractivity contribution in [3.05, 3.63) is 59.5 Å². The summed E-state index contributed by atoms with van der Waals surface area (Å²) in [7, 11) is 0. The van der Waals surface area contributed by atoms with Crippen molar-refractivity contribution < 1.29 is 9.21 Å². The molecule has 3 N–H and O–H groups in total.